The van der Waals surface area contributed by atoms with E-state index in [0.717, 1.165) is 10.0 Å². The van der Waals surface area contributed by atoms with Crippen molar-refractivity contribution in [2.75, 3.05) is 6.54 Å². The third kappa shape index (κ3) is 4.60. The molecule has 1 fully saturated rings. The largest absolute Gasteiger partial charge is 0.488 e. The van der Waals surface area contributed by atoms with Gasteiger partial charge in [-0.25, -0.2) is 0 Å². The highest BCUT2D eigenvalue weighted by Gasteiger charge is 2.30. The van der Waals surface area contributed by atoms with Crippen molar-refractivity contribution in [2.24, 2.45) is 0 Å². The SMILES string of the molecule is CCN1C(=O)/C(=C/c2ccc(OCc3cccc([N+](=O)[O-])c3)c(Br)c2)SC1=S. The van der Waals surface area contributed by atoms with Gasteiger partial charge in [0.1, 0.15) is 16.7 Å². The summed E-state index contributed by atoms with van der Waals surface area (Å²) >= 11 is 9.98. The number of thiocarbonyl (C=S) groups is 1. The first-order chi connectivity index (χ1) is 13.4. The van der Waals surface area contributed by atoms with E-state index in [4.69, 9.17) is 17.0 Å². The number of rotatable bonds is 6. The molecule has 6 nitrogen and oxygen atoms in total. The fraction of sp³-hybridized carbons (Fsp3) is 0.158. The number of nitrogens with zero attached hydrogens (tertiary/aromatic N) is 2. The molecule has 3 rings (SSSR count). The van der Waals surface area contributed by atoms with Crippen LogP contribution in [0, 0.1) is 10.1 Å². The third-order valence-electron chi connectivity index (χ3n) is 3.96. The number of amides is 1. The lowest BCUT2D eigenvalue weighted by Gasteiger charge is -2.10. The molecule has 0 N–H and O–H groups in total. The number of nitro benzene ring substituents is 1. The van der Waals surface area contributed by atoms with Crippen LogP contribution in [0.4, 0.5) is 5.69 Å². The van der Waals surface area contributed by atoms with Crippen molar-refractivity contribution in [3.05, 3.63) is 73.1 Å². The van der Waals surface area contributed by atoms with Gasteiger partial charge >= 0.3 is 0 Å². The monoisotopic (exact) mass is 478 g/mol. The molecule has 0 atom stereocenters. The van der Waals surface area contributed by atoms with E-state index in [1.807, 2.05) is 19.1 Å². The summed E-state index contributed by atoms with van der Waals surface area (Å²) in [4.78, 5) is 24.9. The van der Waals surface area contributed by atoms with Crippen LogP contribution in [0.15, 0.2) is 51.8 Å². The Hall–Kier alpha value is -2.23. The van der Waals surface area contributed by atoms with E-state index in [2.05, 4.69) is 15.9 Å². The summed E-state index contributed by atoms with van der Waals surface area (Å²) in [5.74, 6) is 0.518. The predicted octanol–water partition coefficient (Wildman–Crippen LogP) is 5.16. The highest BCUT2D eigenvalue weighted by atomic mass is 79.9. The number of carbonyl (C=O) groups is 1. The molecule has 0 bridgehead atoms. The van der Waals surface area contributed by atoms with Crippen LogP contribution in [-0.4, -0.2) is 26.6 Å². The Kier molecular flexibility index (Phi) is 6.48. The maximum atomic E-state index is 12.3. The molecule has 1 aliphatic rings. The number of ether oxygens (including phenoxy) is 1. The van der Waals surface area contributed by atoms with Gasteiger partial charge in [-0.2, -0.15) is 0 Å². The third-order valence-corrected chi connectivity index (χ3v) is 5.96. The normalized spacial score (nSPS) is 15.4. The number of halogens is 1. The Morgan fingerprint density at radius 1 is 1.32 bits per heavy atom. The predicted molar refractivity (Wildman–Crippen MR) is 117 cm³/mol. The highest BCUT2D eigenvalue weighted by Crippen LogP contribution is 2.34. The van der Waals surface area contributed by atoms with E-state index in [1.165, 1.54) is 23.9 Å². The molecule has 9 heteroatoms. The van der Waals surface area contributed by atoms with E-state index in [-0.39, 0.29) is 18.2 Å². The smallest absolute Gasteiger partial charge is 0.269 e. The lowest BCUT2D eigenvalue weighted by atomic mass is 10.2. The van der Waals surface area contributed by atoms with E-state index < -0.39 is 4.92 Å². The van der Waals surface area contributed by atoms with Gasteiger partial charge in [0.15, 0.2) is 0 Å². The van der Waals surface area contributed by atoms with Crippen molar-refractivity contribution >= 4 is 61.9 Å². The number of nitro groups is 1. The molecule has 1 amide bonds. The summed E-state index contributed by atoms with van der Waals surface area (Å²) in [6.07, 6.45) is 1.80. The van der Waals surface area contributed by atoms with Gasteiger partial charge in [-0.1, -0.05) is 42.2 Å². The lowest BCUT2D eigenvalue weighted by Crippen LogP contribution is -2.27. The molecular formula is C19H15BrN2O4S2. The highest BCUT2D eigenvalue weighted by molar-refractivity contribution is 9.10. The second-order valence-corrected chi connectivity index (χ2v) is 8.36. The summed E-state index contributed by atoms with van der Waals surface area (Å²) < 4.78 is 7.05. The Labute approximate surface area is 179 Å². The molecule has 0 saturated carbocycles. The first-order valence-electron chi connectivity index (χ1n) is 8.30. The van der Waals surface area contributed by atoms with Crippen LogP contribution in [-0.2, 0) is 11.4 Å². The van der Waals surface area contributed by atoms with E-state index in [9.17, 15) is 14.9 Å². The number of likely N-dealkylation sites (N-methyl/N-ethyl adjacent to an activating group) is 1. The molecule has 0 aromatic heterocycles. The summed E-state index contributed by atoms with van der Waals surface area (Å²) in [7, 11) is 0. The summed E-state index contributed by atoms with van der Waals surface area (Å²) in [5.41, 5.74) is 1.57. The summed E-state index contributed by atoms with van der Waals surface area (Å²) in [6, 6.07) is 11.8. The van der Waals surface area contributed by atoms with Gasteiger partial charge in [-0.3, -0.25) is 19.8 Å². The van der Waals surface area contributed by atoms with Gasteiger partial charge in [0, 0.05) is 18.7 Å². The van der Waals surface area contributed by atoms with Crippen LogP contribution in [0.25, 0.3) is 6.08 Å². The Balaban J connectivity index is 1.72. The lowest BCUT2D eigenvalue weighted by molar-refractivity contribution is -0.384. The molecule has 1 saturated heterocycles. The van der Waals surface area contributed by atoms with Crippen molar-refractivity contribution in [3.63, 3.8) is 0 Å². The molecule has 1 aliphatic heterocycles. The van der Waals surface area contributed by atoms with E-state index in [0.29, 0.717) is 27.1 Å². The van der Waals surface area contributed by atoms with Crippen molar-refractivity contribution in [3.8, 4) is 5.75 Å². The summed E-state index contributed by atoms with van der Waals surface area (Å²) in [6.45, 7) is 2.64. The molecule has 0 spiro atoms. The molecule has 1 heterocycles. The maximum absolute atomic E-state index is 12.3. The molecule has 2 aromatic rings. The number of hydrogen-bond donors (Lipinski definition) is 0. The Bertz CT molecular complexity index is 994. The zero-order valence-corrected chi connectivity index (χ0v) is 18.0. The van der Waals surface area contributed by atoms with Crippen molar-refractivity contribution in [2.45, 2.75) is 13.5 Å². The number of carbonyl (C=O) groups excluding carboxylic acids is 1. The van der Waals surface area contributed by atoms with Gasteiger partial charge < -0.3 is 4.74 Å². The fourth-order valence-electron chi connectivity index (χ4n) is 2.57. The quantitative estimate of drug-likeness (QED) is 0.247. The fourth-order valence-corrected chi connectivity index (χ4v) is 4.46. The minimum atomic E-state index is -0.435. The van der Waals surface area contributed by atoms with E-state index >= 15 is 0 Å². The van der Waals surface area contributed by atoms with Crippen LogP contribution in [0.2, 0.25) is 0 Å². The van der Waals surface area contributed by atoms with Crippen LogP contribution in [0.1, 0.15) is 18.1 Å². The summed E-state index contributed by atoms with van der Waals surface area (Å²) in [5, 5.41) is 10.9. The first kappa shape index (κ1) is 20.5. The standard InChI is InChI=1S/C19H15BrN2O4S2/c1-2-21-18(23)17(28-19(21)27)10-12-6-7-16(15(20)9-12)26-11-13-4-3-5-14(8-13)22(24)25/h3-10H,2,11H2,1H3/b17-10-. The molecule has 2 aromatic carbocycles. The Morgan fingerprint density at radius 2 is 2.11 bits per heavy atom. The topological polar surface area (TPSA) is 72.7 Å². The second kappa shape index (κ2) is 8.85. The number of thioether (sulfide) groups is 1. The van der Waals surface area contributed by atoms with Crippen molar-refractivity contribution in [1.29, 1.82) is 0 Å². The molecule has 0 aliphatic carbocycles. The van der Waals surface area contributed by atoms with Crippen LogP contribution in [0.3, 0.4) is 0 Å². The average Bonchev–Trinajstić information content (AvgIpc) is 2.94. The van der Waals surface area contributed by atoms with Crippen LogP contribution < -0.4 is 4.74 Å². The zero-order chi connectivity index (χ0) is 20.3. The van der Waals surface area contributed by atoms with Gasteiger partial charge in [-0.05, 0) is 52.2 Å². The van der Waals surface area contributed by atoms with Crippen molar-refractivity contribution < 1.29 is 14.5 Å². The number of non-ortho nitro benzene ring substituents is 1. The van der Waals surface area contributed by atoms with Crippen LogP contribution >= 0.6 is 39.9 Å². The average molecular weight is 479 g/mol. The van der Waals surface area contributed by atoms with Gasteiger partial charge in [-0.15, -0.1) is 0 Å². The van der Waals surface area contributed by atoms with Gasteiger partial charge in [0.05, 0.1) is 14.3 Å². The molecular weight excluding hydrogens is 464 g/mol. The maximum Gasteiger partial charge on any atom is 0.269 e. The zero-order valence-electron chi connectivity index (χ0n) is 14.8. The minimum Gasteiger partial charge on any atom is -0.488 e. The molecule has 0 unspecified atom stereocenters. The Morgan fingerprint density at radius 3 is 2.75 bits per heavy atom. The molecule has 0 radical (unpaired) electrons. The van der Waals surface area contributed by atoms with Crippen molar-refractivity contribution in [1.82, 2.24) is 4.90 Å². The first-order valence-corrected chi connectivity index (χ1v) is 10.3. The number of hydrogen-bond acceptors (Lipinski definition) is 6. The van der Waals surface area contributed by atoms with Gasteiger partial charge in [0.25, 0.3) is 11.6 Å². The number of benzene rings is 2. The molecule has 28 heavy (non-hydrogen) atoms. The minimum absolute atomic E-state index is 0.0277. The molecule has 144 valence electrons. The second-order valence-electron chi connectivity index (χ2n) is 5.83. The van der Waals surface area contributed by atoms with E-state index in [1.54, 1.807) is 29.2 Å². The van der Waals surface area contributed by atoms with Gasteiger partial charge in [0.2, 0.25) is 0 Å². The van der Waals surface area contributed by atoms with Crippen LogP contribution in [0.5, 0.6) is 5.75 Å².